The third-order valence-electron chi connectivity index (χ3n) is 3.66. The molecular formula is C18H19N3O3. The molecule has 0 atom stereocenters. The second-order valence-electron chi connectivity index (χ2n) is 5.26. The van der Waals surface area contributed by atoms with E-state index in [1.54, 1.807) is 22.7 Å². The lowest BCUT2D eigenvalue weighted by molar-refractivity contribution is 0.102. The van der Waals surface area contributed by atoms with Gasteiger partial charge in [-0.25, -0.2) is 4.98 Å². The lowest BCUT2D eigenvalue weighted by Crippen LogP contribution is -2.16. The molecule has 3 rings (SSSR count). The van der Waals surface area contributed by atoms with Crippen LogP contribution in [0, 0.1) is 0 Å². The lowest BCUT2D eigenvalue weighted by Gasteiger charge is -2.08. The topological polar surface area (TPSA) is 75.9 Å². The number of aromatic hydroxyl groups is 1. The number of phenols is 1. The van der Waals surface area contributed by atoms with Gasteiger partial charge in [-0.1, -0.05) is 6.92 Å². The number of carbonyl (C=O) groups excluding carboxylic acids is 1. The number of hydrogen-bond acceptors (Lipinski definition) is 4. The number of rotatable bonds is 5. The SMILES string of the molecule is CCOc1cccn2c(C(=O)Nc3ccc(O)cc3)c(CC)nc12. The van der Waals surface area contributed by atoms with Crippen LogP contribution < -0.4 is 10.1 Å². The van der Waals surface area contributed by atoms with Crippen molar-refractivity contribution in [3.8, 4) is 11.5 Å². The minimum absolute atomic E-state index is 0.151. The number of amides is 1. The fourth-order valence-corrected chi connectivity index (χ4v) is 2.58. The van der Waals surface area contributed by atoms with Crippen molar-refractivity contribution in [2.45, 2.75) is 20.3 Å². The zero-order valence-electron chi connectivity index (χ0n) is 13.6. The predicted octanol–water partition coefficient (Wildman–Crippen LogP) is 3.25. The molecule has 0 aliphatic rings. The first-order chi connectivity index (χ1) is 11.6. The number of benzene rings is 1. The number of nitrogens with zero attached hydrogens (tertiary/aromatic N) is 2. The van der Waals surface area contributed by atoms with Crippen LogP contribution in [0.3, 0.4) is 0 Å². The summed E-state index contributed by atoms with van der Waals surface area (Å²) in [5, 5.41) is 12.2. The van der Waals surface area contributed by atoms with Gasteiger partial charge in [0.25, 0.3) is 5.91 Å². The van der Waals surface area contributed by atoms with Gasteiger partial charge in [0, 0.05) is 11.9 Å². The molecule has 0 fully saturated rings. The summed E-state index contributed by atoms with van der Waals surface area (Å²) in [5.74, 6) is 0.551. The van der Waals surface area contributed by atoms with Crippen LogP contribution >= 0.6 is 0 Å². The highest BCUT2D eigenvalue weighted by molar-refractivity contribution is 6.04. The van der Waals surface area contributed by atoms with Crippen molar-refractivity contribution in [2.75, 3.05) is 11.9 Å². The van der Waals surface area contributed by atoms with Crippen LogP contribution in [0.15, 0.2) is 42.6 Å². The van der Waals surface area contributed by atoms with Crippen LogP contribution in [0.1, 0.15) is 30.0 Å². The first kappa shape index (κ1) is 15.9. The van der Waals surface area contributed by atoms with E-state index < -0.39 is 0 Å². The highest BCUT2D eigenvalue weighted by atomic mass is 16.5. The molecule has 6 nitrogen and oxygen atoms in total. The van der Waals surface area contributed by atoms with Crippen molar-refractivity contribution in [1.82, 2.24) is 9.38 Å². The van der Waals surface area contributed by atoms with Crippen LogP contribution in [-0.2, 0) is 6.42 Å². The van der Waals surface area contributed by atoms with E-state index in [1.165, 1.54) is 12.1 Å². The summed E-state index contributed by atoms with van der Waals surface area (Å²) in [4.78, 5) is 17.3. The van der Waals surface area contributed by atoms with Gasteiger partial charge in [0.2, 0.25) is 0 Å². The Labute approximate surface area is 139 Å². The minimum atomic E-state index is -0.251. The lowest BCUT2D eigenvalue weighted by atomic mass is 10.2. The summed E-state index contributed by atoms with van der Waals surface area (Å²) in [6.45, 7) is 4.40. The second kappa shape index (κ2) is 6.62. The molecule has 2 heterocycles. The Morgan fingerprint density at radius 3 is 2.67 bits per heavy atom. The first-order valence-corrected chi connectivity index (χ1v) is 7.87. The van der Waals surface area contributed by atoms with Crippen LogP contribution in [0.2, 0.25) is 0 Å². The van der Waals surface area contributed by atoms with Crippen molar-refractivity contribution >= 4 is 17.2 Å². The monoisotopic (exact) mass is 325 g/mol. The van der Waals surface area contributed by atoms with Crippen molar-refractivity contribution in [3.63, 3.8) is 0 Å². The molecule has 1 aromatic carbocycles. The smallest absolute Gasteiger partial charge is 0.274 e. The third kappa shape index (κ3) is 2.90. The number of nitrogens with one attached hydrogen (secondary N) is 1. The number of anilines is 1. The highest BCUT2D eigenvalue weighted by Crippen LogP contribution is 2.24. The number of aryl methyl sites for hydroxylation is 1. The van der Waals surface area contributed by atoms with Gasteiger partial charge in [-0.2, -0.15) is 0 Å². The molecule has 124 valence electrons. The average molecular weight is 325 g/mol. The average Bonchev–Trinajstić information content (AvgIpc) is 2.97. The molecule has 0 bridgehead atoms. The van der Waals surface area contributed by atoms with Crippen molar-refractivity contribution in [3.05, 3.63) is 54.0 Å². The van der Waals surface area contributed by atoms with Gasteiger partial charge in [0.05, 0.1) is 12.3 Å². The molecule has 0 saturated heterocycles. The summed E-state index contributed by atoms with van der Waals surface area (Å²) in [6.07, 6.45) is 2.43. The van der Waals surface area contributed by atoms with E-state index in [4.69, 9.17) is 4.74 Å². The van der Waals surface area contributed by atoms with Gasteiger partial charge in [-0.3, -0.25) is 9.20 Å². The van der Waals surface area contributed by atoms with E-state index in [1.807, 2.05) is 26.0 Å². The number of ether oxygens (including phenoxy) is 1. The summed E-state index contributed by atoms with van der Waals surface area (Å²) >= 11 is 0. The van der Waals surface area contributed by atoms with Crippen molar-refractivity contribution < 1.29 is 14.6 Å². The summed E-state index contributed by atoms with van der Waals surface area (Å²) in [7, 11) is 0. The number of pyridine rings is 1. The number of hydrogen-bond donors (Lipinski definition) is 2. The molecule has 0 aliphatic heterocycles. The Morgan fingerprint density at radius 2 is 2.00 bits per heavy atom. The first-order valence-electron chi connectivity index (χ1n) is 7.87. The molecular weight excluding hydrogens is 306 g/mol. The molecule has 6 heteroatoms. The van der Waals surface area contributed by atoms with E-state index in [-0.39, 0.29) is 11.7 Å². The Balaban J connectivity index is 2.02. The molecule has 0 spiro atoms. The minimum Gasteiger partial charge on any atom is -0.508 e. The molecule has 1 amide bonds. The van der Waals surface area contributed by atoms with Gasteiger partial charge < -0.3 is 15.2 Å². The molecule has 3 aromatic rings. The number of fused-ring (bicyclic) bond motifs is 1. The standard InChI is InChI=1S/C18H19N3O3/c1-3-14-16(18(23)19-12-7-9-13(22)10-8-12)21-11-5-6-15(24-4-2)17(21)20-14/h5-11,22H,3-4H2,1-2H3,(H,19,23). The number of imidazole rings is 1. The Bertz CT molecular complexity index is 869. The van der Waals surface area contributed by atoms with Crippen LogP contribution in [0.5, 0.6) is 11.5 Å². The van der Waals surface area contributed by atoms with Gasteiger partial charge in [0.15, 0.2) is 11.4 Å². The fourth-order valence-electron chi connectivity index (χ4n) is 2.58. The summed E-state index contributed by atoms with van der Waals surface area (Å²) < 4.78 is 7.35. The van der Waals surface area contributed by atoms with E-state index in [0.717, 1.165) is 0 Å². The van der Waals surface area contributed by atoms with E-state index >= 15 is 0 Å². The quantitative estimate of drug-likeness (QED) is 0.706. The number of carbonyl (C=O) groups is 1. The van der Waals surface area contributed by atoms with Crippen molar-refractivity contribution in [1.29, 1.82) is 0 Å². The molecule has 0 radical (unpaired) electrons. The van der Waals surface area contributed by atoms with Crippen LogP contribution in [0.4, 0.5) is 5.69 Å². The number of phenolic OH excluding ortho intramolecular Hbond substituents is 1. The molecule has 0 unspecified atom stereocenters. The summed E-state index contributed by atoms with van der Waals surface area (Å²) in [6, 6.07) is 10.0. The molecule has 2 aromatic heterocycles. The van der Waals surface area contributed by atoms with Gasteiger partial charge in [-0.05, 0) is 49.7 Å². The second-order valence-corrected chi connectivity index (χ2v) is 5.26. The van der Waals surface area contributed by atoms with E-state index in [9.17, 15) is 9.90 Å². The number of aromatic nitrogens is 2. The van der Waals surface area contributed by atoms with Gasteiger partial charge in [0.1, 0.15) is 11.4 Å². The molecule has 0 aliphatic carbocycles. The van der Waals surface area contributed by atoms with E-state index in [2.05, 4.69) is 10.3 Å². The molecule has 24 heavy (non-hydrogen) atoms. The fraction of sp³-hybridized carbons (Fsp3) is 0.222. The summed E-state index contributed by atoms with van der Waals surface area (Å²) in [5.41, 5.74) is 2.43. The van der Waals surface area contributed by atoms with Gasteiger partial charge in [-0.15, -0.1) is 0 Å². The largest absolute Gasteiger partial charge is 0.508 e. The Hall–Kier alpha value is -3.02. The zero-order chi connectivity index (χ0) is 17.1. The zero-order valence-corrected chi connectivity index (χ0v) is 13.6. The highest BCUT2D eigenvalue weighted by Gasteiger charge is 2.20. The van der Waals surface area contributed by atoms with E-state index in [0.29, 0.717) is 41.5 Å². The maximum absolute atomic E-state index is 12.7. The third-order valence-corrected chi connectivity index (χ3v) is 3.66. The Morgan fingerprint density at radius 1 is 1.25 bits per heavy atom. The van der Waals surface area contributed by atoms with Crippen molar-refractivity contribution in [2.24, 2.45) is 0 Å². The van der Waals surface area contributed by atoms with Crippen LogP contribution in [0.25, 0.3) is 5.65 Å². The predicted molar refractivity (Wildman–Crippen MR) is 91.8 cm³/mol. The maximum Gasteiger partial charge on any atom is 0.274 e. The van der Waals surface area contributed by atoms with Crippen LogP contribution in [-0.4, -0.2) is 27.0 Å². The molecule has 2 N–H and O–H groups in total. The molecule has 0 saturated carbocycles. The maximum atomic E-state index is 12.7. The van der Waals surface area contributed by atoms with Gasteiger partial charge >= 0.3 is 0 Å². The normalized spacial score (nSPS) is 10.8. The Kier molecular flexibility index (Phi) is 4.37.